The van der Waals surface area contributed by atoms with Crippen LogP contribution < -0.4 is 11.3 Å². The van der Waals surface area contributed by atoms with Crippen LogP contribution in [0.3, 0.4) is 0 Å². The Morgan fingerprint density at radius 3 is 2.70 bits per heavy atom. The second-order valence-electron chi connectivity index (χ2n) is 3.94. The van der Waals surface area contributed by atoms with Gasteiger partial charge in [0.25, 0.3) is 5.56 Å². The number of nitrogens with two attached hydrogens (primary N) is 1. The largest absolute Gasteiger partial charge is 0.416 e. The molecule has 0 saturated carbocycles. The molecule has 1 aromatic carbocycles. The van der Waals surface area contributed by atoms with Crippen LogP contribution in [0.4, 0.5) is 18.9 Å². The molecule has 0 unspecified atom stereocenters. The average Bonchev–Trinajstić information content (AvgIpc) is 2.36. The summed E-state index contributed by atoms with van der Waals surface area (Å²) in [6.07, 6.45) is -3.17. The Labute approximate surface area is 116 Å². The van der Waals surface area contributed by atoms with E-state index in [9.17, 15) is 18.0 Å². The molecule has 8 heteroatoms. The summed E-state index contributed by atoms with van der Waals surface area (Å²) >= 11 is 1.02. The van der Waals surface area contributed by atoms with E-state index >= 15 is 0 Å². The minimum absolute atomic E-state index is 0.0298. The number of H-pyrrole nitrogens is 1. The van der Waals surface area contributed by atoms with Gasteiger partial charge in [-0.05, 0) is 17.7 Å². The Bertz CT molecular complexity index is 669. The monoisotopic (exact) mass is 301 g/mol. The third-order valence-electron chi connectivity index (χ3n) is 2.45. The third kappa shape index (κ3) is 3.53. The van der Waals surface area contributed by atoms with Gasteiger partial charge in [0.15, 0.2) is 5.16 Å². The van der Waals surface area contributed by atoms with E-state index in [2.05, 4.69) is 9.97 Å². The predicted octanol–water partition coefficient (Wildman–Crippen LogP) is 2.66. The Balaban J connectivity index is 2.24. The summed E-state index contributed by atoms with van der Waals surface area (Å²) in [5, 5.41) is 0.266. The number of aromatic nitrogens is 2. The van der Waals surface area contributed by atoms with Crippen molar-refractivity contribution < 1.29 is 13.2 Å². The highest BCUT2D eigenvalue weighted by Gasteiger charge is 2.33. The molecule has 4 nitrogen and oxygen atoms in total. The van der Waals surface area contributed by atoms with E-state index in [1.807, 2.05) is 0 Å². The molecule has 0 radical (unpaired) electrons. The fourth-order valence-corrected chi connectivity index (χ4v) is 2.41. The van der Waals surface area contributed by atoms with Crippen molar-refractivity contribution in [2.24, 2.45) is 0 Å². The lowest BCUT2D eigenvalue weighted by Crippen LogP contribution is -2.10. The first-order valence-corrected chi connectivity index (χ1v) is 6.48. The van der Waals surface area contributed by atoms with Crippen LogP contribution >= 0.6 is 11.8 Å². The van der Waals surface area contributed by atoms with Gasteiger partial charge < -0.3 is 10.7 Å². The van der Waals surface area contributed by atoms with Crippen molar-refractivity contribution in [2.45, 2.75) is 17.1 Å². The Morgan fingerprint density at radius 1 is 1.30 bits per heavy atom. The maximum absolute atomic E-state index is 12.9. The van der Waals surface area contributed by atoms with Crippen LogP contribution in [0.1, 0.15) is 11.1 Å². The van der Waals surface area contributed by atoms with Gasteiger partial charge in [-0.2, -0.15) is 13.2 Å². The van der Waals surface area contributed by atoms with Crippen molar-refractivity contribution in [1.29, 1.82) is 0 Å². The summed E-state index contributed by atoms with van der Waals surface area (Å²) in [5.41, 5.74) is 4.40. The van der Waals surface area contributed by atoms with Crippen molar-refractivity contribution in [3.63, 3.8) is 0 Å². The number of nitrogen functional groups attached to an aromatic ring is 1. The minimum atomic E-state index is -4.47. The molecular formula is C12H10F3N3OS. The van der Waals surface area contributed by atoms with Gasteiger partial charge in [-0.1, -0.05) is 17.8 Å². The molecule has 0 bridgehead atoms. The highest BCUT2D eigenvalue weighted by atomic mass is 32.2. The Hall–Kier alpha value is -1.96. The zero-order valence-corrected chi connectivity index (χ0v) is 10.9. The molecule has 0 fully saturated rings. The lowest BCUT2D eigenvalue weighted by atomic mass is 10.1. The quantitative estimate of drug-likeness (QED) is 0.519. The zero-order valence-electron chi connectivity index (χ0n) is 10.1. The molecule has 0 amide bonds. The molecule has 20 heavy (non-hydrogen) atoms. The van der Waals surface area contributed by atoms with E-state index in [4.69, 9.17) is 5.73 Å². The van der Waals surface area contributed by atoms with Gasteiger partial charge in [-0.25, -0.2) is 4.98 Å². The summed E-state index contributed by atoms with van der Waals surface area (Å²) < 4.78 is 38.6. The van der Waals surface area contributed by atoms with Gasteiger partial charge in [0.1, 0.15) is 0 Å². The number of benzene rings is 1. The van der Waals surface area contributed by atoms with Crippen LogP contribution in [-0.4, -0.2) is 9.97 Å². The van der Waals surface area contributed by atoms with Crippen molar-refractivity contribution >= 4 is 17.4 Å². The fourth-order valence-electron chi connectivity index (χ4n) is 1.56. The van der Waals surface area contributed by atoms with Crippen LogP contribution in [0.15, 0.2) is 40.4 Å². The summed E-state index contributed by atoms with van der Waals surface area (Å²) in [5.74, 6) is 0.0298. The number of halogens is 3. The molecule has 2 rings (SSSR count). The molecule has 3 N–H and O–H groups in total. The van der Waals surface area contributed by atoms with Crippen molar-refractivity contribution in [2.75, 3.05) is 5.73 Å². The molecule has 2 aromatic rings. The van der Waals surface area contributed by atoms with Crippen LogP contribution in [0.2, 0.25) is 0 Å². The Kier molecular flexibility index (Phi) is 4.03. The standard InChI is InChI=1S/C12H10F3N3OS/c13-12(14,15)9-5-8(16)2-1-7(9)6-20-11-17-4-3-10(19)18-11/h1-5H,6,16H2,(H,17,18,19). The molecule has 0 aliphatic heterocycles. The number of anilines is 1. The van der Waals surface area contributed by atoms with E-state index in [0.717, 1.165) is 17.8 Å². The number of alkyl halides is 3. The first kappa shape index (κ1) is 14.4. The first-order valence-electron chi connectivity index (χ1n) is 5.50. The lowest BCUT2D eigenvalue weighted by Gasteiger charge is -2.13. The number of rotatable bonds is 3. The molecule has 106 valence electrons. The summed E-state index contributed by atoms with van der Waals surface area (Å²) in [7, 11) is 0. The second-order valence-corrected chi connectivity index (χ2v) is 4.91. The van der Waals surface area contributed by atoms with Crippen LogP contribution in [0.5, 0.6) is 0 Å². The maximum Gasteiger partial charge on any atom is 0.416 e. The van der Waals surface area contributed by atoms with Gasteiger partial charge in [0.2, 0.25) is 0 Å². The summed E-state index contributed by atoms with van der Waals surface area (Å²) in [6, 6.07) is 4.87. The minimum Gasteiger partial charge on any atom is -0.399 e. The second kappa shape index (κ2) is 5.58. The average molecular weight is 301 g/mol. The van der Waals surface area contributed by atoms with Crippen LogP contribution in [0.25, 0.3) is 0 Å². The number of nitrogens with one attached hydrogen (secondary N) is 1. The van der Waals surface area contributed by atoms with Gasteiger partial charge in [0, 0.05) is 23.7 Å². The van der Waals surface area contributed by atoms with E-state index in [0.29, 0.717) is 0 Å². The molecular weight excluding hydrogens is 291 g/mol. The SMILES string of the molecule is Nc1ccc(CSc2nccc(=O)[nH]2)c(C(F)(F)F)c1. The summed E-state index contributed by atoms with van der Waals surface area (Å²) in [4.78, 5) is 17.4. The van der Waals surface area contributed by atoms with Gasteiger partial charge in [-0.3, -0.25) is 4.79 Å². The first-order chi connectivity index (χ1) is 9.36. The van der Waals surface area contributed by atoms with Crippen LogP contribution in [-0.2, 0) is 11.9 Å². The molecule has 1 aromatic heterocycles. The van der Waals surface area contributed by atoms with Gasteiger partial charge in [0.05, 0.1) is 5.56 Å². The van der Waals surface area contributed by atoms with E-state index in [1.54, 1.807) is 0 Å². The smallest absolute Gasteiger partial charge is 0.399 e. The maximum atomic E-state index is 12.9. The number of hydrogen-bond acceptors (Lipinski definition) is 4. The van der Waals surface area contributed by atoms with Crippen LogP contribution in [0, 0.1) is 0 Å². The van der Waals surface area contributed by atoms with E-state index in [1.165, 1.54) is 24.4 Å². The number of nitrogens with zero attached hydrogens (tertiary/aromatic N) is 1. The fraction of sp³-hybridized carbons (Fsp3) is 0.167. The number of aromatic amines is 1. The highest BCUT2D eigenvalue weighted by molar-refractivity contribution is 7.98. The normalized spacial score (nSPS) is 11.6. The topological polar surface area (TPSA) is 71.8 Å². The predicted molar refractivity (Wildman–Crippen MR) is 70.3 cm³/mol. The molecule has 0 aliphatic rings. The number of hydrogen-bond donors (Lipinski definition) is 2. The summed E-state index contributed by atoms with van der Waals surface area (Å²) in [6.45, 7) is 0. The third-order valence-corrected chi connectivity index (χ3v) is 3.39. The van der Waals surface area contributed by atoms with E-state index in [-0.39, 0.29) is 27.7 Å². The lowest BCUT2D eigenvalue weighted by molar-refractivity contribution is -0.138. The van der Waals surface area contributed by atoms with Crippen molar-refractivity contribution in [1.82, 2.24) is 9.97 Å². The zero-order chi connectivity index (χ0) is 14.8. The van der Waals surface area contributed by atoms with E-state index < -0.39 is 11.7 Å². The highest BCUT2D eigenvalue weighted by Crippen LogP contribution is 2.35. The van der Waals surface area contributed by atoms with Gasteiger partial charge in [-0.15, -0.1) is 0 Å². The molecule has 0 spiro atoms. The Morgan fingerprint density at radius 2 is 2.05 bits per heavy atom. The van der Waals surface area contributed by atoms with Crippen molar-refractivity contribution in [3.8, 4) is 0 Å². The van der Waals surface area contributed by atoms with Crippen molar-refractivity contribution in [3.05, 3.63) is 51.9 Å². The molecule has 0 saturated heterocycles. The molecule has 1 heterocycles. The molecule has 0 atom stereocenters. The molecule has 0 aliphatic carbocycles. The van der Waals surface area contributed by atoms with Gasteiger partial charge >= 0.3 is 6.18 Å². The number of thioether (sulfide) groups is 1.